The van der Waals surface area contributed by atoms with Crippen LogP contribution in [0.1, 0.15) is 51.7 Å². The van der Waals surface area contributed by atoms with Gasteiger partial charge in [-0.1, -0.05) is 61.9 Å². The topological polar surface area (TPSA) is 96.0 Å². The molecule has 8 nitrogen and oxygen atoms in total. The van der Waals surface area contributed by atoms with Crippen molar-refractivity contribution in [1.29, 1.82) is 0 Å². The van der Waals surface area contributed by atoms with Crippen LogP contribution in [0.3, 0.4) is 0 Å². The normalized spacial score (nSPS) is 12.7. The Labute approximate surface area is 250 Å². The van der Waals surface area contributed by atoms with Gasteiger partial charge in [-0.05, 0) is 82.0 Å². The zero-order chi connectivity index (χ0) is 30.7. The Bertz CT molecular complexity index is 1390. The summed E-state index contributed by atoms with van der Waals surface area (Å²) in [5, 5.41) is 3.00. The molecular formula is C33H43N3O5S. The van der Waals surface area contributed by atoms with Crippen LogP contribution in [-0.4, -0.2) is 56.9 Å². The number of nitrogens with zero attached hydrogens (tertiary/aromatic N) is 2. The number of ether oxygens (including phenoxy) is 1. The summed E-state index contributed by atoms with van der Waals surface area (Å²) in [5.41, 5.74) is 2.26. The van der Waals surface area contributed by atoms with Crippen LogP contribution < -0.4 is 14.4 Å². The molecule has 226 valence electrons. The number of rotatable bonds is 15. The molecule has 0 aliphatic carbocycles. The Hall–Kier alpha value is -3.85. The number of hydrogen-bond acceptors (Lipinski definition) is 5. The molecule has 2 atom stereocenters. The first-order valence-electron chi connectivity index (χ1n) is 14.6. The highest BCUT2D eigenvalue weighted by atomic mass is 32.2. The fourth-order valence-electron chi connectivity index (χ4n) is 4.58. The first-order chi connectivity index (χ1) is 20.1. The number of amides is 2. The number of aryl methyl sites for hydroxylation is 1. The highest BCUT2D eigenvalue weighted by molar-refractivity contribution is 7.92. The zero-order valence-corrected chi connectivity index (χ0v) is 26.1. The first-order valence-corrected chi connectivity index (χ1v) is 16.0. The molecule has 3 aromatic carbocycles. The van der Waals surface area contributed by atoms with E-state index in [1.807, 2.05) is 65.0 Å². The van der Waals surface area contributed by atoms with Gasteiger partial charge < -0.3 is 15.0 Å². The van der Waals surface area contributed by atoms with E-state index in [-0.39, 0.29) is 23.4 Å². The maximum Gasteiger partial charge on any atom is 0.264 e. The van der Waals surface area contributed by atoms with E-state index in [0.29, 0.717) is 30.9 Å². The van der Waals surface area contributed by atoms with Gasteiger partial charge in [0.05, 0.1) is 17.2 Å². The number of carbonyl (C=O) groups is 2. The van der Waals surface area contributed by atoms with Gasteiger partial charge in [0, 0.05) is 12.6 Å². The second kappa shape index (κ2) is 15.4. The van der Waals surface area contributed by atoms with Crippen molar-refractivity contribution in [1.82, 2.24) is 10.2 Å². The van der Waals surface area contributed by atoms with Crippen molar-refractivity contribution in [3.63, 3.8) is 0 Å². The van der Waals surface area contributed by atoms with Crippen LogP contribution in [0.2, 0.25) is 0 Å². The highest BCUT2D eigenvalue weighted by Gasteiger charge is 2.33. The minimum atomic E-state index is -4.12. The molecule has 0 bridgehead atoms. The molecule has 0 fully saturated rings. The van der Waals surface area contributed by atoms with E-state index in [2.05, 4.69) is 5.32 Å². The van der Waals surface area contributed by atoms with Crippen LogP contribution in [0.25, 0.3) is 0 Å². The summed E-state index contributed by atoms with van der Waals surface area (Å²) in [4.78, 5) is 29.1. The van der Waals surface area contributed by atoms with Crippen LogP contribution in [0.4, 0.5) is 5.69 Å². The molecule has 0 spiro atoms. The van der Waals surface area contributed by atoms with Crippen LogP contribution in [0.5, 0.6) is 5.75 Å². The van der Waals surface area contributed by atoms with Gasteiger partial charge in [0.25, 0.3) is 10.0 Å². The van der Waals surface area contributed by atoms with Gasteiger partial charge in [-0.2, -0.15) is 0 Å². The monoisotopic (exact) mass is 593 g/mol. The second-order valence-corrected chi connectivity index (χ2v) is 12.2. The summed E-state index contributed by atoms with van der Waals surface area (Å²) >= 11 is 0. The first kappa shape index (κ1) is 32.7. The number of anilines is 1. The number of benzene rings is 3. The fraction of sp³-hybridized carbons (Fsp3) is 0.394. The molecule has 0 saturated heterocycles. The van der Waals surface area contributed by atoms with Gasteiger partial charge in [0.1, 0.15) is 18.3 Å². The molecule has 0 aliphatic heterocycles. The Morgan fingerprint density at radius 2 is 1.52 bits per heavy atom. The average Bonchev–Trinajstić information content (AvgIpc) is 2.99. The van der Waals surface area contributed by atoms with Crippen molar-refractivity contribution in [2.75, 3.05) is 24.0 Å². The maximum absolute atomic E-state index is 14.1. The van der Waals surface area contributed by atoms with Crippen molar-refractivity contribution in [2.24, 2.45) is 0 Å². The number of carbonyl (C=O) groups excluding carboxylic acids is 2. The average molecular weight is 594 g/mol. The molecule has 42 heavy (non-hydrogen) atoms. The molecule has 0 heterocycles. The number of sulfonamides is 1. The smallest absolute Gasteiger partial charge is 0.264 e. The van der Waals surface area contributed by atoms with Crippen LogP contribution >= 0.6 is 0 Å². The molecule has 9 heteroatoms. The molecule has 0 radical (unpaired) electrons. The van der Waals surface area contributed by atoms with E-state index in [4.69, 9.17) is 4.74 Å². The van der Waals surface area contributed by atoms with E-state index in [1.54, 1.807) is 36.4 Å². The largest absolute Gasteiger partial charge is 0.494 e. The molecule has 0 saturated carbocycles. The molecule has 3 aromatic rings. The fourth-order valence-corrected chi connectivity index (χ4v) is 5.99. The molecule has 0 unspecified atom stereocenters. The molecule has 3 rings (SSSR count). The molecule has 1 N–H and O–H groups in total. The van der Waals surface area contributed by atoms with E-state index < -0.39 is 28.5 Å². The minimum Gasteiger partial charge on any atom is -0.494 e. The van der Waals surface area contributed by atoms with Gasteiger partial charge >= 0.3 is 0 Å². The van der Waals surface area contributed by atoms with E-state index in [9.17, 15) is 18.0 Å². The summed E-state index contributed by atoms with van der Waals surface area (Å²) in [6.07, 6.45) is 1.66. The van der Waals surface area contributed by atoms with Crippen molar-refractivity contribution in [2.45, 2.75) is 70.9 Å². The van der Waals surface area contributed by atoms with Gasteiger partial charge in [0.15, 0.2) is 0 Å². The lowest BCUT2D eigenvalue weighted by Gasteiger charge is -2.33. The number of nitrogens with one attached hydrogen (secondary N) is 1. The number of hydrogen-bond donors (Lipinski definition) is 1. The Balaban J connectivity index is 2.01. The molecule has 2 amide bonds. The Morgan fingerprint density at radius 1 is 0.881 bits per heavy atom. The van der Waals surface area contributed by atoms with Gasteiger partial charge in [-0.25, -0.2) is 8.42 Å². The third-order valence-electron chi connectivity index (χ3n) is 7.19. The zero-order valence-electron chi connectivity index (χ0n) is 25.2. The summed E-state index contributed by atoms with van der Waals surface area (Å²) in [6.45, 7) is 9.77. The van der Waals surface area contributed by atoms with Crippen LogP contribution in [0.15, 0.2) is 83.8 Å². The van der Waals surface area contributed by atoms with Gasteiger partial charge in [0.2, 0.25) is 11.8 Å². The Morgan fingerprint density at radius 3 is 2.10 bits per heavy atom. The van der Waals surface area contributed by atoms with Crippen LogP contribution in [0, 0.1) is 6.92 Å². The second-order valence-electron chi connectivity index (χ2n) is 10.3. The lowest BCUT2D eigenvalue weighted by Crippen LogP contribution is -2.54. The molecule has 0 aliphatic rings. The van der Waals surface area contributed by atoms with Gasteiger partial charge in [-0.3, -0.25) is 13.9 Å². The summed E-state index contributed by atoms with van der Waals surface area (Å²) < 4.78 is 34.6. The predicted octanol–water partition coefficient (Wildman–Crippen LogP) is 5.35. The van der Waals surface area contributed by atoms with Gasteiger partial charge in [-0.15, -0.1) is 0 Å². The standard InChI is InChI=1S/C33H43N3O5S/c1-6-26(5)34-33(38)31(7-2)35(23-22-27-12-10-9-11-13-27)32(37)24-36(28-16-18-29(19-17-28)41-8-3)42(39,40)30-20-14-25(4)15-21-30/h9-21,26,31H,6-8,22-24H2,1-5H3,(H,34,38)/t26-,31-/m1/s1. The van der Waals surface area contributed by atoms with Crippen molar-refractivity contribution in [3.05, 3.63) is 90.0 Å². The van der Waals surface area contributed by atoms with E-state index >= 15 is 0 Å². The maximum atomic E-state index is 14.1. The quantitative estimate of drug-likeness (QED) is 0.256. The summed E-state index contributed by atoms with van der Waals surface area (Å²) in [6, 6.07) is 22.1. The predicted molar refractivity (Wildman–Crippen MR) is 167 cm³/mol. The Kier molecular flexibility index (Phi) is 12.0. The lowest BCUT2D eigenvalue weighted by atomic mass is 10.1. The third kappa shape index (κ3) is 8.58. The molecular weight excluding hydrogens is 550 g/mol. The third-order valence-corrected chi connectivity index (χ3v) is 8.98. The SMILES string of the molecule is CCOc1ccc(N(CC(=O)N(CCc2ccccc2)[C@H](CC)C(=O)N[C@H](C)CC)S(=O)(=O)c2ccc(C)cc2)cc1. The van der Waals surface area contributed by atoms with E-state index in [1.165, 1.54) is 17.0 Å². The summed E-state index contributed by atoms with van der Waals surface area (Å²) in [5.74, 6) is -0.110. The van der Waals surface area contributed by atoms with Crippen molar-refractivity contribution >= 4 is 27.5 Å². The van der Waals surface area contributed by atoms with Crippen molar-refractivity contribution in [3.8, 4) is 5.75 Å². The lowest BCUT2D eigenvalue weighted by molar-refractivity contribution is -0.139. The van der Waals surface area contributed by atoms with E-state index in [0.717, 1.165) is 21.9 Å². The van der Waals surface area contributed by atoms with Crippen molar-refractivity contribution < 1.29 is 22.7 Å². The highest BCUT2D eigenvalue weighted by Crippen LogP contribution is 2.27. The summed E-state index contributed by atoms with van der Waals surface area (Å²) in [7, 11) is -4.12. The van der Waals surface area contributed by atoms with Crippen LogP contribution in [-0.2, 0) is 26.0 Å². The molecule has 0 aromatic heterocycles. The minimum absolute atomic E-state index is 0.0557.